The summed E-state index contributed by atoms with van der Waals surface area (Å²) >= 11 is 6.17. The number of carbonyl (C=O) groups excluding carboxylic acids is 2. The van der Waals surface area contributed by atoms with Gasteiger partial charge in [0.1, 0.15) is 23.4 Å². The summed E-state index contributed by atoms with van der Waals surface area (Å²) in [7, 11) is 1.53. The number of hydrogen-bond acceptors (Lipinski definition) is 4. The number of β-amino-alcohol motifs (C(OH)–C–C–N with tert-alkyl or cyclic N) is 1. The summed E-state index contributed by atoms with van der Waals surface area (Å²) in [5.41, 5.74) is 0.271. The minimum absolute atomic E-state index is 0.0146. The van der Waals surface area contributed by atoms with Crippen molar-refractivity contribution >= 4 is 23.4 Å². The molecule has 2 heterocycles. The van der Waals surface area contributed by atoms with E-state index in [-0.39, 0.29) is 46.8 Å². The van der Waals surface area contributed by atoms with Gasteiger partial charge in [0.15, 0.2) is 0 Å². The average molecular weight is 527 g/mol. The van der Waals surface area contributed by atoms with E-state index >= 15 is 0 Å². The first-order chi connectivity index (χ1) is 17.6. The van der Waals surface area contributed by atoms with Crippen LogP contribution in [-0.2, 0) is 11.8 Å². The van der Waals surface area contributed by atoms with Gasteiger partial charge >= 0.3 is 0 Å². The lowest BCUT2D eigenvalue weighted by Gasteiger charge is -2.23. The number of aliphatic hydroxyl groups is 1. The molecule has 1 aliphatic rings. The molecule has 10 heteroatoms. The number of aliphatic hydroxyl groups excluding tert-OH is 1. The Kier molecular flexibility index (Phi) is 7.62. The summed E-state index contributed by atoms with van der Waals surface area (Å²) in [6.07, 6.45) is 1.15. The van der Waals surface area contributed by atoms with Crippen LogP contribution >= 0.6 is 11.6 Å². The molecule has 3 aromatic rings. The maximum Gasteiger partial charge on any atom is 0.254 e. The van der Waals surface area contributed by atoms with Gasteiger partial charge in [0, 0.05) is 42.5 Å². The van der Waals surface area contributed by atoms with Crippen LogP contribution in [0, 0.1) is 29.9 Å². The number of aromatic nitrogens is 1. The number of nitriles is 1. The summed E-state index contributed by atoms with van der Waals surface area (Å²) in [6.45, 7) is 1.99. The first kappa shape index (κ1) is 26.3. The Hall–Kier alpha value is -3.74. The molecule has 4 rings (SSSR count). The maximum absolute atomic E-state index is 14.9. The van der Waals surface area contributed by atoms with Crippen molar-refractivity contribution in [1.29, 1.82) is 5.26 Å². The van der Waals surface area contributed by atoms with E-state index in [1.54, 1.807) is 24.3 Å². The Bertz CT molecular complexity index is 1420. The Labute approximate surface area is 217 Å². The first-order valence-corrected chi connectivity index (χ1v) is 12.0. The van der Waals surface area contributed by atoms with Crippen LogP contribution in [0.2, 0.25) is 5.02 Å². The Morgan fingerprint density at radius 1 is 1.24 bits per heavy atom. The molecule has 37 heavy (non-hydrogen) atoms. The van der Waals surface area contributed by atoms with E-state index < -0.39 is 29.7 Å². The average Bonchev–Trinajstić information content (AvgIpc) is 3.44. The van der Waals surface area contributed by atoms with E-state index in [0.717, 1.165) is 12.1 Å². The van der Waals surface area contributed by atoms with Crippen LogP contribution < -0.4 is 5.32 Å². The highest BCUT2D eigenvalue weighted by Crippen LogP contribution is 2.35. The molecule has 1 fully saturated rings. The van der Waals surface area contributed by atoms with Gasteiger partial charge in [-0.25, -0.2) is 8.78 Å². The molecule has 0 bridgehead atoms. The summed E-state index contributed by atoms with van der Waals surface area (Å²) in [5.74, 6) is -2.38. The van der Waals surface area contributed by atoms with Crippen molar-refractivity contribution in [1.82, 2.24) is 14.8 Å². The van der Waals surface area contributed by atoms with E-state index in [1.807, 2.05) is 6.07 Å². The molecule has 0 unspecified atom stereocenters. The van der Waals surface area contributed by atoms with Gasteiger partial charge in [-0.2, -0.15) is 5.26 Å². The second-order valence-corrected chi connectivity index (χ2v) is 9.52. The summed E-state index contributed by atoms with van der Waals surface area (Å²) < 4.78 is 30.7. The Morgan fingerprint density at radius 2 is 1.97 bits per heavy atom. The summed E-state index contributed by atoms with van der Waals surface area (Å²) in [5, 5.41) is 22.8. The lowest BCUT2D eigenvalue weighted by atomic mass is 9.95. The second-order valence-electron chi connectivity index (χ2n) is 9.09. The van der Waals surface area contributed by atoms with Gasteiger partial charge in [-0.1, -0.05) is 23.7 Å². The van der Waals surface area contributed by atoms with Gasteiger partial charge < -0.3 is 19.9 Å². The lowest BCUT2D eigenvalue weighted by Crippen LogP contribution is -2.36. The molecule has 2 atom stereocenters. The standard InChI is InChI=1S/C27H25ClF2N4O3/c1-15-20(29)6-7-21(30)25(15)26-19(14-33(2)23(26)12-31)27(37)32-22(16-4-3-5-17(28)10-16)11-24(36)34-9-8-18(35)13-34/h3-7,10,14,18,22,35H,8-9,11,13H2,1-2H3,(H,32,37)/t18-,22-/m0/s1. The monoisotopic (exact) mass is 526 g/mol. The molecule has 0 saturated carbocycles. The first-order valence-electron chi connectivity index (χ1n) is 11.7. The van der Waals surface area contributed by atoms with Crippen LogP contribution in [0.5, 0.6) is 0 Å². The summed E-state index contributed by atoms with van der Waals surface area (Å²) in [4.78, 5) is 28.1. The maximum atomic E-state index is 14.9. The smallest absolute Gasteiger partial charge is 0.254 e. The fraction of sp³-hybridized carbons (Fsp3) is 0.296. The van der Waals surface area contributed by atoms with Gasteiger partial charge in [0.05, 0.1) is 24.1 Å². The predicted molar refractivity (Wildman–Crippen MR) is 134 cm³/mol. The molecule has 0 radical (unpaired) electrons. The molecule has 192 valence electrons. The molecule has 0 spiro atoms. The van der Waals surface area contributed by atoms with Gasteiger partial charge in [-0.3, -0.25) is 9.59 Å². The molecule has 1 saturated heterocycles. The number of likely N-dealkylation sites (tertiary alicyclic amines) is 1. The zero-order valence-corrected chi connectivity index (χ0v) is 21.0. The molecule has 0 aliphatic carbocycles. The van der Waals surface area contributed by atoms with Crippen molar-refractivity contribution in [3.63, 3.8) is 0 Å². The van der Waals surface area contributed by atoms with Crippen molar-refractivity contribution in [2.24, 2.45) is 7.05 Å². The van der Waals surface area contributed by atoms with Gasteiger partial charge in [-0.05, 0) is 48.7 Å². The van der Waals surface area contributed by atoms with Crippen molar-refractivity contribution in [2.75, 3.05) is 13.1 Å². The highest BCUT2D eigenvalue weighted by Gasteiger charge is 2.30. The third kappa shape index (κ3) is 5.36. The van der Waals surface area contributed by atoms with E-state index in [9.17, 15) is 28.7 Å². The van der Waals surface area contributed by atoms with Crippen LogP contribution in [0.15, 0.2) is 42.6 Å². The number of hydrogen-bond donors (Lipinski definition) is 2. The zero-order chi connectivity index (χ0) is 26.9. The van der Waals surface area contributed by atoms with Crippen LogP contribution in [0.4, 0.5) is 8.78 Å². The molecule has 7 nitrogen and oxygen atoms in total. The van der Waals surface area contributed by atoms with Gasteiger partial charge in [0.2, 0.25) is 5.91 Å². The Balaban J connectivity index is 1.74. The minimum Gasteiger partial charge on any atom is -0.391 e. The molecule has 2 amide bonds. The highest BCUT2D eigenvalue weighted by atomic mass is 35.5. The fourth-order valence-corrected chi connectivity index (χ4v) is 4.83. The lowest BCUT2D eigenvalue weighted by molar-refractivity contribution is -0.131. The number of carbonyl (C=O) groups is 2. The van der Waals surface area contributed by atoms with Crippen molar-refractivity contribution in [3.05, 3.63) is 81.6 Å². The molecule has 2 N–H and O–H groups in total. The van der Waals surface area contributed by atoms with E-state index in [4.69, 9.17) is 11.6 Å². The fourth-order valence-electron chi connectivity index (χ4n) is 4.63. The van der Waals surface area contributed by atoms with E-state index in [0.29, 0.717) is 23.6 Å². The quantitative estimate of drug-likeness (QED) is 0.501. The van der Waals surface area contributed by atoms with Gasteiger partial charge in [-0.15, -0.1) is 0 Å². The van der Waals surface area contributed by atoms with Gasteiger partial charge in [0.25, 0.3) is 5.91 Å². The SMILES string of the molecule is Cc1c(F)ccc(F)c1-c1c(C(=O)N[C@@H](CC(=O)N2CC[C@H](O)C2)c2cccc(Cl)c2)cn(C)c1C#N. The number of halogens is 3. The van der Waals surface area contributed by atoms with Crippen LogP contribution in [0.3, 0.4) is 0 Å². The molecular formula is C27H25ClF2N4O3. The van der Waals surface area contributed by atoms with Crippen LogP contribution in [0.25, 0.3) is 11.1 Å². The minimum atomic E-state index is -0.812. The van der Waals surface area contributed by atoms with Crippen molar-refractivity contribution in [2.45, 2.75) is 31.9 Å². The third-order valence-corrected chi connectivity index (χ3v) is 6.82. The topological polar surface area (TPSA) is 98.4 Å². The molecule has 1 aliphatic heterocycles. The third-order valence-electron chi connectivity index (χ3n) is 6.58. The molecule has 1 aromatic heterocycles. The highest BCUT2D eigenvalue weighted by molar-refractivity contribution is 6.30. The number of amides is 2. The number of aryl methyl sites for hydroxylation is 1. The second kappa shape index (κ2) is 10.7. The van der Waals surface area contributed by atoms with E-state index in [2.05, 4.69) is 5.32 Å². The van der Waals surface area contributed by atoms with Crippen LogP contribution in [-0.4, -0.2) is 45.6 Å². The number of nitrogens with one attached hydrogen (secondary N) is 1. The molecule has 2 aromatic carbocycles. The number of rotatable bonds is 6. The normalized spacial score (nSPS) is 15.9. The largest absolute Gasteiger partial charge is 0.391 e. The van der Waals surface area contributed by atoms with Crippen molar-refractivity contribution < 1.29 is 23.5 Å². The zero-order valence-electron chi connectivity index (χ0n) is 20.3. The molecular weight excluding hydrogens is 502 g/mol. The summed E-state index contributed by atoms with van der Waals surface area (Å²) in [6, 6.07) is 9.78. The van der Waals surface area contributed by atoms with Crippen molar-refractivity contribution in [3.8, 4) is 17.2 Å². The Morgan fingerprint density at radius 3 is 2.62 bits per heavy atom. The predicted octanol–water partition coefficient (Wildman–Crippen LogP) is 4.26. The number of benzene rings is 2. The van der Waals surface area contributed by atoms with E-state index in [1.165, 1.54) is 29.6 Å². The van der Waals surface area contributed by atoms with Crippen LogP contribution in [0.1, 0.15) is 46.1 Å². The number of nitrogens with zero attached hydrogens (tertiary/aromatic N) is 3.